The number of thiazole rings is 1. The van der Waals surface area contributed by atoms with Crippen molar-refractivity contribution in [3.05, 3.63) is 46.9 Å². The van der Waals surface area contributed by atoms with Crippen molar-refractivity contribution in [1.82, 2.24) is 4.98 Å². The zero-order valence-corrected chi connectivity index (χ0v) is 14.2. The first-order valence-electron chi connectivity index (χ1n) is 6.94. The summed E-state index contributed by atoms with van der Waals surface area (Å²) in [6.07, 6.45) is -0.691. The van der Waals surface area contributed by atoms with Gasteiger partial charge in [-0.25, -0.2) is 4.98 Å². The predicted octanol–water partition coefficient (Wildman–Crippen LogP) is 3.84. The van der Waals surface area contributed by atoms with Gasteiger partial charge in [-0.3, -0.25) is 10.1 Å². The fraction of sp³-hybridized carbons (Fsp3) is 0.125. The zero-order chi connectivity index (χ0) is 15.8. The maximum atomic E-state index is 12.4. The number of nitrogens with one attached hydrogen (secondary N) is 1. The molecule has 7 heteroatoms. The average molecular weight is 391 g/mol. The number of benzene rings is 2. The molecule has 1 atom stereocenters. The van der Waals surface area contributed by atoms with Crippen LogP contribution in [0.15, 0.2) is 46.9 Å². The van der Waals surface area contributed by atoms with E-state index in [0.29, 0.717) is 16.6 Å². The molecule has 1 N–H and O–H groups in total. The summed E-state index contributed by atoms with van der Waals surface area (Å²) >= 11 is 4.85. The number of halogens is 1. The minimum Gasteiger partial charge on any atom is -0.485 e. The molecule has 2 aromatic carbocycles. The lowest BCUT2D eigenvalue weighted by molar-refractivity contribution is -0.125. The van der Waals surface area contributed by atoms with Crippen LogP contribution in [0, 0.1) is 0 Å². The van der Waals surface area contributed by atoms with Crippen molar-refractivity contribution in [3.63, 3.8) is 0 Å². The molecule has 0 saturated carbocycles. The summed E-state index contributed by atoms with van der Waals surface area (Å²) in [7, 11) is 0. The quantitative estimate of drug-likeness (QED) is 0.721. The van der Waals surface area contributed by atoms with E-state index in [1.807, 2.05) is 36.4 Å². The smallest absolute Gasteiger partial charge is 0.270 e. The molecule has 0 bridgehead atoms. The van der Waals surface area contributed by atoms with Crippen LogP contribution in [0.1, 0.15) is 0 Å². The second kappa shape index (κ2) is 5.82. The van der Waals surface area contributed by atoms with E-state index in [1.165, 1.54) is 11.3 Å². The molecule has 0 spiro atoms. The fourth-order valence-electron chi connectivity index (χ4n) is 2.29. The van der Waals surface area contributed by atoms with Gasteiger partial charge in [0, 0.05) is 4.47 Å². The number of carbonyl (C=O) groups excluding carboxylic acids is 1. The molecule has 23 heavy (non-hydrogen) atoms. The largest absolute Gasteiger partial charge is 0.485 e. The lowest BCUT2D eigenvalue weighted by Gasteiger charge is -2.25. The van der Waals surface area contributed by atoms with Gasteiger partial charge >= 0.3 is 0 Å². The molecule has 0 radical (unpaired) electrons. The zero-order valence-electron chi connectivity index (χ0n) is 11.8. The van der Waals surface area contributed by atoms with Crippen LogP contribution in [0.3, 0.4) is 0 Å². The average Bonchev–Trinajstić information content (AvgIpc) is 2.95. The number of nitrogens with zero attached hydrogens (tertiary/aromatic N) is 1. The summed E-state index contributed by atoms with van der Waals surface area (Å²) in [6, 6.07) is 13.1. The Balaban J connectivity index is 1.51. The van der Waals surface area contributed by atoms with Gasteiger partial charge in [0.05, 0.1) is 10.2 Å². The second-order valence-electron chi connectivity index (χ2n) is 4.98. The monoisotopic (exact) mass is 390 g/mol. The van der Waals surface area contributed by atoms with Gasteiger partial charge in [-0.2, -0.15) is 0 Å². The maximum Gasteiger partial charge on any atom is 0.270 e. The van der Waals surface area contributed by atoms with E-state index in [-0.39, 0.29) is 12.5 Å². The number of amides is 1. The first-order valence-corrected chi connectivity index (χ1v) is 8.55. The van der Waals surface area contributed by atoms with E-state index < -0.39 is 6.10 Å². The summed E-state index contributed by atoms with van der Waals surface area (Å²) in [4.78, 5) is 16.8. The molecule has 1 amide bonds. The van der Waals surface area contributed by atoms with Gasteiger partial charge in [0.25, 0.3) is 5.91 Å². The van der Waals surface area contributed by atoms with Crippen molar-refractivity contribution in [3.8, 4) is 11.5 Å². The summed E-state index contributed by atoms with van der Waals surface area (Å²) in [5.41, 5.74) is 0.847. The molecular formula is C16H11BrN2O3S. The predicted molar refractivity (Wildman–Crippen MR) is 92.3 cm³/mol. The van der Waals surface area contributed by atoms with Gasteiger partial charge in [0.2, 0.25) is 6.10 Å². The first-order chi connectivity index (χ1) is 11.2. The molecule has 1 aliphatic rings. The van der Waals surface area contributed by atoms with Crippen molar-refractivity contribution in [2.24, 2.45) is 0 Å². The van der Waals surface area contributed by atoms with Crippen molar-refractivity contribution in [2.75, 3.05) is 11.9 Å². The normalized spacial score (nSPS) is 16.3. The third-order valence-electron chi connectivity index (χ3n) is 3.38. The second-order valence-corrected chi connectivity index (χ2v) is 6.93. The Morgan fingerprint density at radius 3 is 2.96 bits per heavy atom. The van der Waals surface area contributed by atoms with Crippen LogP contribution in [0.4, 0.5) is 5.13 Å². The Bertz CT molecular complexity index is 896. The van der Waals surface area contributed by atoms with Gasteiger partial charge < -0.3 is 9.47 Å². The molecule has 116 valence electrons. The first kappa shape index (κ1) is 14.5. The highest BCUT2D eigenvalue weighted by molar-refractivity contribution is 9.10. The molecule has 1 aromatic heterocycles. The number of rotatable bonds is 2. The van der Waals surface area contributed by atoms with Gasteiger partial charge in [-0.05, 0) is 30.3 Å². The number of hydrogen-bond donors (Lipinski definition) is 1. The van der Waals surface area contributed by atoms with Crippen molar-refractivity contribution < 1.29 is 14.3 Å². The Morgan fingerprint density at radius 1 is 1.26 bits per heavy atom. The Morgan fingerprint density at radius 2 is 2.09 bits per heavy atom. The van der Waals surface area contributed by atoms with Crippen LogP contribution in [0.2, 0.25) is 0 Å². The van der Waals surface area contributed by atoms with Gasteiger partial charge in [-0.1, -0.05) is 39.4 Å². The molecule has 4 rings (SSSR count). The number of ether oxygens (including phenoxy) is 2. The van der Waals surface area contributed by atoms with E-state index in [4.69, 9.17) is 9.47 Å². The topological polar surface area (TPSA) is 60.5 Å². The molecule has 0 aliphatic carbocycles. The number of fused-ring (bicyclic) bond motifs is 2. The molecule has 1 unspecified atom stereocenters. The van der Waals surface area contributed by atoms with E-state index in [9.17, 15) is 4.79 Å². The molecular weight excluding hydrogens is 380 g/mol. The molecule has 3 aromatic rings. The third kappa shape index (κ3) is 2.89. The third-order valence-corrected chi connectivity index (χ3v) is 4.81. The standard InChI is InChI=1S/C16H11BrN2O3S/c17-9-5-6-10-14(7-9)23-16(18-10)19-15(20)13-8-21-11-3-1-2-4-12(11)22-13/h1-7,13H,8H2,(H,18,19,20). The molecule has 0 saturated heterocycles. The summed E-state index contributed by atoms with van der Waals surface area (Å²) in [6.45, 7) is 0.180. The minimum atomic E-state index is -0.691. The molecule has 0 fully saturated rings. The summed E-state index contributed by atoms with van der Waals surface area (Å²) in [5, 5.41) is 3.35. The molecule has 5 nitrogen and oxygen atoms in total. The van der Waals surface area contributed by atoms with E-state index >= 15 is 0 Å². The highest BCUT2D eigenvalue weighted by Gasteiger charge is 2.27. The van der Waals surface area contributed by atoms with Gasteiger partial charge in [0.15, 0.2) is 16.6 Å². The number of anilines is 1. The van der Waals surface area contributed by atoms with Crippen LogP contribution < -0.4 is 14.8 Å². The van der Waals surface area contributed by atoms with E-state index in [0.717, 1.165) is 14.7 Å². The van der Waals surface area contributed by atoms with Crippen LogP contribution in [-0.2, 0) is 4.79 Å². The number of carbonyl (C=O) groups is 1. The summed E-state index contributed by atoms with van der Waals surface area (Å²) < 4.78 is 13.2. The lowest BCUT2D eigenvalue weighted by atomic mass is 10.2. The summed E-state index contributed by atoms with van der Waals surface area (Å²) in [5.74, 6) is 0.964. The van der Waals surface area contributed by atoms with Gasteiger partial charge in [-0.15, -0.1) is 0 Å². The number of hydrogen-bond acceptors (Lipinski definition) is 5. The van der Waals surface area contributed by atoms with E-state index in [2.05, 4.69) is 26.2 Å². The van der Waals surface area contributed by atoms with Crippen LogP contribution in [0.5, 0.6) is 11.5 Å². The van der Waals surface area contributed by atoms with E-state index in [1.54, 1.807) is 6.07 Å². The Labute approximate surface area is 144 Å². The lowest BCUT2D eigenvalue weighted by Crippen LogP contribution is -2.40. The highest BCUT2D eigenvalue weighted by atomic mass is 79.9. The molecule has 2 heterocycles. The van der Waals surface area contributed by atoms with Crippen LogP contribution in [0.25, 0.3) is 10.2 Å². The number of para-hydroxylation sites is 2. The Hall–Kier alpha value is -2.12. The van der Waals surface area contributed by atoms with Crippen molar-refractivity contribution >= 4 is 48.5 Å². The van der Waals surface area contributed by atoms with Crippen LogP contribution >= 0.6 is 27.3 Å². The van der Waals surface area contributed by atoms with Gasteiger partial charge in [0.1, 0.15) is 6.61 Å². The SMILES string of the molecule is O=C(Nc1nc2ccc(Br)cc2s1)C1COc2ccccc2O1. The minimum absolute atomic E-state index is 0.180. The van der Waals surface area contributed by atoms with Crippen LogP contribution in [-0.4, -0.2) is 23.6 Å². The molecule has 1 aliphatic heterocycles. The van der Waals surface area contributed by atoms with Crippen molar-refractivity contribution in [1.29, 1.82) is 0 Å². The number of aromatic nitrogens is 1. The van der Waals surface area contributed by atoms with Crippen molar-refractivity contribution in [2.45, 2.75) is 6.10 Å². The highest BCUT2D eigenvalue weighted by Crippen LogP contribution is 2.32. The Kier molecular flexibility index (Phi) is 3.66. The fourth-order valence-corrected chi connectivity index (χ4v) is 3.71. The maximum absolute atomic E-state index is 12.4.